The van der Waals surface area contributed by atoms with Crippen LogP contribution in [0.2, 0.25) is 0 Å². The molecular formula is C40H28N2. The van der Waals surface area contributed by atoms with Crippen molar-refractivity contribution in [3.8, 4) is 27.9 Å². The van der Waals surface area contributed by atoms with Gasteiger partial charge in [0.15, 0.2) is 0 Å². The van der Waals surface area contributed by atoms with E-state index in [1.54, 1.807) is 0 Å². The zero-order valence-corrected chi connectivity index (χ0v) is 23.0. The average molecular weight is 537 g/mol. The molecule has 0 saturated heterocycles. The van der Waals surface area contributed by atoms with Crippen LogP contribution in [0.4, 0.5) is 11.4 Å². The molecule has 8 aromatic rings. The van der Waals surface area contributed by atoms with Gasteiger partial charge in [-0.1, -0.05) is 121 Å². The standard InChI is InChI=1S/C40H28N2/c1-3-12-29(13-4-1)35-23-20-32(26-38(35)30-14-5-2-6-15-30)41-33-21-24-37-36-17-9-10-18-39(36)42(40(37)27-33)34-22-19-28-11-7-8-16-31(28)25-34/h1-27,41H. The Morgan fingerprint density at radius 2 is 1.00 bits per heavy atom. The van der Waals surface area contributed by atoms with Crippen LogP contribution in [0.1, 0.15) is 0 Å². The van der Waals surface area contributed by atoms with E-state index in [0.717, 1.165) is 17.1 Å². The first kappa shape index (κ1) is 24.2. The lowest BCUT2D eigenvalue weighted by Gasteiger charge is -2.15. The third-order valence-electron chi connectivity index (χ3n) is 8.14. The maximum Gasteiger partial charge on any atom is 0.0561 e. The third kappa shape index (κ3) is 4.22. The number of hydrogen-bond acceptors (Lipinski definition) is 1. The van der Waals surface area contributed by atoms with Crippen molar-refractivity contribution in [2.45, 2.75) is 0 Å². The number of fused-ring (bicyclic) bond motifs is 4. The summed E-state index contributed by atoms with van der Waals surface area (Å²) in [6, 6.07) is 58.6. The molecule has 0 spiro atoms. The van der Waals surface area contributed by atoms with Gasteiger partial charge in [-0.2, -0.15) is 0 Å². The first-order valence-corrected chi connectivity index (χ1v) is 14.4. The Morgan fingerprint density at radius 1 is 0.381 bits per heavy atom. The molecule has 1 aromatic heterocycles. The van der Waals surface area contributed by atoms with Crippen molar-refractivity contribution < 1.29 is 0 Å². The molecule has 0 fully saturated rings. The molecule has 0 amide bonds. The normalized spacial score (nSPS) is 11.3. The molecule has 0 saturated carbocycles. The number of hydrogen-bond donors (Lipinski definition) is 1. The maximum atomic E-state index is 3.72. The molecule has 42 heavy (non-hydrogen) atoms. The Morgan fingerprint density at radius 3 is 1.81 bits per heavy atom. The van der Waals surface area contributed by atoms with E-state index in [2.05, 4.69) is 174 Å². The average Bonchev–Trinajstić information content (AvgIpc) is 3.39. The van der Waals surface area contributed by atoms with Gasteiger partial charge in [0.05, 0.1) is 11.0 Å². The van der Waals surface area contributed by atoms with Gasteiger partial charge in [0.2, 0.25) is 0 Å². The van der Waals surface area contributed by atoms with Crippen LogP contribution in [0.5, 0.6) is 0 Å². The van der Waals surface area contributed by atoms with Gasteiger partial charge < -0.3 is 9.88 Å². The second-order valence-corrected chi connectivity index (χ2v) is 10.7. The molecule has 0 aliphatic carbocycles. The van der Waals surface area contributed by atoms with Crippen LogP contribution in [0.3, 0.4) is 0 Å². The molecule has 2 nitrogen and oxygen atoms in total. The predicted molar refractivity (Wildman–Crippen MR) is 179 cm³/mol. The maximum absolute atomic E-state index is 3.72. The van der Waals surface area contributed by atoms with Gasteiger partial charge in [-0.3, -0.25) is 0 Å². The minimum absolute atomic E-state index is 1.05. The van der Waals surface area contributed by atoms with Gasteiger partial charge in [-0.25, -0.2) is 0 Å². The zero-order valence-electron chi connectivity index (χ0n) is 23.0. The van der Waals surface area contributed by atoms with Crippen molar-refractivity contribution in [3.63, 3.8) is 0 Å². The number of aromatic nitrogens is 1. The highest BCUT2D eigenvalue weighted by atomic mass is 15.0. The summed E-state index contributed by atoms with van der Waals surface area (Å²) in [5.41, 5.74) is 10.5. The Bertz CT molecular complexity index is 2210. The van der Waals surface area contributed by atoms with Gasteiger partial charge in [0, 0.05) is 27.8 Å². The number of nitrogens with one attached hydrogen (secondary N) is 1. The Labute approximate surface area is 245 Å². The lowest BCUT2D eigenvalue weighted by molar-refractivity contribution is 1.19. The summed E-state index contributed by atoms with van der Waals surface area (Å²) >= 11 is 0. The number of benzene rings is 7. The topological polar surface area (TPSA) is 17.0 Å². The summed E-state index contributed by atoms with van der Waals surface area (Å²) in [7, 11) is 0. The van der Waals surface area contributed by atoms with E-state index < -0.39 is 0 Å². The fraction of sp³-hybridized carbons (Fsp3) is 0. The first-order valence-electron chi connectivity index (χ1n) is 14.4. The van der Waals surface area contributed by atoms with Crippen molar-refractivity contribution in [2.75, 3.05) is 5.32 Å². The van der Waals surface area contributed by atoms with E-state index in [9.17, 15) is 0 Å². The molecule has 0 aliphatic rings. The van der Waals surface area contributed by atoms with Crippen LogP contribution >= 0.6 is 0 Å². The van der Waals surface area contributed by atoms with E-state index in [1.165, 1.54) is 54.8 Å². The molecule has 0 bridgehead atoms. The summed E-state index contributed by atoms with van der Waals surface area (Å²) in [4.78, 5) is 0. The van der Waals surface area contributed by atoms with Gasteiger partial charge >= 0.3 is 0 Å². The molecule has 7 aromatic carbocycles. The molecular weight excluding hydrogens is 508 g/mol. The Hall–Kier alpha value is -5.60. The predicted octanol–water partition coefficient (Wildman–Crippen LogP) is 11.0. The Balaban J connectivity index is 1.26. The van der Waals surface area contributed by atoms with Crippen molar-refractivity contribution in [3.05, 3.63) is 164 Å². The lowest BCUT2D eigenvalue weighted by atomic mass is 9.94. The fourth-order valence-corrected chi connectivity index (χ4v) is 6.16. The summed E-state index contributed by atoms with van der Waals surface area (Å²) in [5, 5.41) is 8.71. The molecule has 1 heterocycles. The van der Waals surface area contributed by atoms with Crippen molar-refractivity contribution in [2.24, 2.45) is 0 Å². The van der Waals surface area contributed by atoms with E-state index in [1.807, 2.05) is 0 Å². The number of nitrogens with zero attached hydrogens (tertiary/aromatic N) is 1. The van der Waals surface area contributed by atoms with E-state index >= 15 is 0 Å². The highest BCUT2D eigenvalue weighted by molar-refractivity contribution is 6.10. The summed E-state index contributed by atoms with van der Waals surface area (Å²) in [6.45, 7) is 0. The highest BCUT2D eigenvalue weighted by Gasteiger charge is 2.14. The van der Waals surface area contributed by atoms with Gasteiger partial charge in [-0.05, 0) is 75.5 Å². The zero-order chi connectivity index (χ0) is 27.9. The summed E-state index contributed by atoms with van der Waals surface area (Å²) in [5.74, 6) is 0. The molecule has 0 aliphatic heterocycles. The number of anilines is 2. The van der Waals surface area contributed by atoms with Crippen molar-refractivity contribution in [1.29, 1.82) is 0 Å². The lowest BCUT2D eigenvalue weighted by Crippen LogP contribution is -1.96. The van der Waals surface area contributed by atoms with Gasteiger partial charge in [0.25, 0.3) is 0 Å². The molecule has 0 atom stereocenters. The van der Waals surface area contributed by atoms with Crippen molar-refractivity contribution in [1.82, 2.24) is 4.57 Å². The fourth-order valence-electron chi connectivity index (χ4n) is 6.16. The number of rotatable bonds is 5. The van der Waals surface area contributed by atoms with Gasteiger partial charge in [0.1, 0.15) is 0 Å². The monoisotopic (exact) mass is 536 g/mol. The molecule has 0 radical (unpaired) electrons. The molecule has 8 rings (SSSR count). The van der Waals surface area contributed by atoms with E-state index in [4.69, 9.17) is 0 Å². The molecule has 0 unspecified atom stereocenters. The molecule has 2 heteroatoms. The molecule has 198 valence electrons. The Kier molecular flexibility index (Phi) is 5.82. The highest BCUT2D eigenvalue weighted by Crippen LogP contribution is 2.37. The second kappa shape index (κ2) is 10.1. The third-order valence-corrected chi connectivity index (χ3v) is 8.14. The van der Waals surface area contributed by atoms with Gasteiger partial charge in [-0.15, -0.1) is 0 Å². The van der Waals surface area contributed by atoms with Crippen LogP contribution < -0.4 is 5.32 Å². The quantitative estimate of drug-likeness (QED) is 0.231. The summed E-state index contributed by atoms with van der Waals surface area (Å²) in [6.07, 6.45) is 0. The van der Waals surface area contributed by atoms with E-state index in [-0.39, 0.29) is 0 Å². The van der Waals surface area contributed by atoms with Crippen LogP contribution in [0.15, 0.2) is 164 Å². The number of para-hydroxylation sites is 1. The van der Waals surface area contributed by atoms with Crippen molar-refractivity contribution >= 4 is 44.0 Å². The van der Waals surface area contributed by atoms with Crippen LogP contribution in [-0.4, -0.2) is 4.57 Å². The first-order chi connectivity index (χ1) is 20.8. The minimum atomic E-state index is 1.05. The smallest absolute Gasteiger partial charge is 0.0561 e. The van der Waals surface area contributed by atoms with E-state index in [0.29, 0.717) is 0 Å². The van der Waals surface area contributed by atoms with Crippen LogP contribution in [-0.2, 0) is 0 Å². The van der Waals surface area contributed by atoms with Crippen LogP contribution in [0, 0.1) is 0 Å². The second-order valence-electron chi connectivity index (χ2n) is 10.7. The largest absolute Gasteiger partial charge is 0.355 e. The SMILES string of the molecule is c1ccc(-c2ccc(Nc3ccc4c5ccccc5n(-c5ccc6ccccc6c5)c4c3)cc2-c2ccccc2)cc1. The molecule has 1 N–H and O–H groups in total. The summed E-state index contributed by atoms with van der Waals surface area (Å²) < 4.78 is 2.39. The minimum Gasteiger partial charge on any atom is -0.355 e. The van der Waals surface area contributed by atoms with Crippen LogP contribution in [0.25, 0.3) is 60.5 Å².